The van der Waals surface area contributed by atoms with E-state index >= 15 is 0 Å². The van der Waals surface area contributed by atoms with Crippen LogP contribution in [0.3, 0.4) is 0 Å². The minimum atomic E-state index is -0.110. The number of benzene rings is 4. The van der Waals surface area contributed by atoms with E-state index in [1.54, 1.807) is 0 Å². The SMILES string of the molecule is Cc1cccc(CN2C(=O)/C(=C/c3ccccc3)Sc3ccc(C(=O)NCCCN4CCN(c5cc(C)ccc5C)CC4)cc32)c1. The van der Waals surface area contributed by atoms with Crippen molar-refractivity contribution in [3.63, 3.8) is 0 Å². The van der Waals surface area contributed by atoms with Crippen LogP contribution in [0.1, 0.15) is 44.6 Å². The number of fused-ring (bicyclic) bond motifs is 1. The molecule has 6 rings (SSSR count). The molecule has 0 atom stereocenters. The predicted molar refractivity (Wildman–Crippen MR) is 191 cm³/mol. The molecule has 4 aromatic carbocycles. The van der Waals surface area contributed by atoms with Gasteiger partial charge in [-0.05, 0) is 86.3 Å². The first kappa shape index (κ1) is 31.6. The molecule has 2 aliphatic heterocycles. The van der Waals surface area contributed by atoms with Crippen molar-refractivity contribution >= 4 is 41.0 Å². The third-order valence-electron chi connectivity index (χ3n) is 8.72. The highest BCUT2D eigenvalue weighted by atomic mass is 32.2. The second kappa shape index (κ2) is 14.4. The van der Waals surface area contributed by atoms with Crippen molar-refractivity contribution in [2.24, 2.45) is 0 Å². The van der Waals surface area contributed by atoms with Gasteiger partial charge >= 0.3 is 0 Å². The Hall–Kier alpha value is -4.33. The Morgan fingerprint density at radius 3 is 2.39 bits per heavy atom. The highest BCUT2D eigenvalue weighted by molar-refractivity contribution is 8.04. The van der Waals surface area contributed by atoms with Crippen molar-refractivity contribution in [1.29, 1.82) is 0 Å². The summed E-state index contributed by atoms with van der Waals surface area (Å²) >= 11 is 1.46. The van der Waals surface area contributed by atoms with Gasteiger partial charge in [0, 0.05) is 48.9 Å². The smallest absolute Gasteiger partial charge is 0.265 e. The molecular weight excluding hydrogens is 589 g/mol. The van der Waals surface area contributed by atoms with Crippen molar-refractivity contribution in [3.8, 4) is 0 Å². The van der Waals surface area contributed by atoms with Crippen LogP contribution in [-0.2, 0) is 11.3 Å². The van der Waals surface area contributed by atoms with E-state index in [0.29, 0.717) is 23.6 Å². The Bertz CT molecular complexity index is 1740. The summed E-state index contributed by atoms with van der Waals surface area (Å²) in [5.41, 5.74) is 8.49. The molecule has 1 saturated heterocycles. The highest BCUT2D eigenvalue weighted by Crippen LogP contribution is 2.43. The summed E-state index contributed by atoms with van der Waals surface area (Å²) in [5.74, 6) is -0.167. The maximum atomic E-state index is 13.9. The van der Waals surface area contributed by atoms with Crippen LogP contribution in [-0.4, -0.2) is 56.0 Å². The molecule has 2 aliphatic rings. The lowest BCUT2D eigenvalue weighted by atomic mass is 10.1. The number of thioether (sulfide) groups is 1. The number of hydrogen-bond acceptors (Lipinski definition) is 5. The number of amides is 2. The van der Waals surface area contributed by atoms with Crippen LogP contribution in [0.4, 0.5) is 11.4 Å². The van der Waals surface area contributed by atoms with Crippen LogP contribution in [0.25, 0.3) is 6.08 Å². The highest BCUT2D eigenvalue weighted by Gasteiger charge is 2.30. The summed E-state index contributed by atoms with van der Waals surface area (Å²) in [6.45, 7) is 12.5. The summed E-state index contributed by atoms with van der Waals surface area (Å²) in [6, 6.07) is 30.5. The van der Waals surface area contributed by atoms with Crippen LogP contribution in [0, 0.1) is 20.8 Å². The Kier molecular flexibility index (Phi) is 9.91. The molecule has 1 N–H and O–H groups in total. The molecule has 0 unspecified atom stereocenters. The monoisotopic (exact) mass is 630 g/mol. The van der Waals surface area contributed by atoms with E-state index in [2.05, 4.69) is 66.2 Å². The summed E-state index contributed by atoms with van der Waals surface area (Å²) in [4.78, 5) is 35.6. The van der Waals surface area contributed by atoms with E-state index in [9.17, 15) is 9.59 Å². The van der Waals surface area contributed by atoms with E-state index < -0.39 is 0 Å². The van der Waals surface area contributed by atoms with Crippen LogP contribution in [0.5, 0.6) is 0 Å². The fourth-order valence-electron chi connectivity index (χ4n) is 6.18. The standard InChI is InChI=1S/C39H42N4O2S/c1-28-9-7-12-32(23-28)27-43-35-26-33(15-16-36(35)46-37(39(43)45)25-31-10-5-4-6-11-31)38(44)40-17-8-18-41-19-21-42(22-20-41)34-24-29(2)13-14-30(34)3/h4-7,9-16,23-26H,8,17-22,27H2,1-3H3,(H,40,44)/b37-25-. The first-order valence-corrected chi connectivity index (χ1v) is 16.9. The van der Waals surface area contributed by atoms with Crippen LogP contribution >= 0.6 is 11.8 Å². The minimum absolute atomic E-state index is 0.0573. The lowest BCUT2D eigenvalue weighted by molar-refractivity contribution is -0.114. The predicted octanol–water partition coefficient (Wildman–Crippen LogP) is 7.23. The van der Waals surface area contributed by atoms with Crippen LogP contribution in [0.2, 0.25) is 0 Å². The number of nitrogens with one attached hydrogen (secondary N) is 1. The second-order valence-corrected chi connectivity index (χ2v) is 13.4. The third-order valence-corrected chi connectivity index (χ3v) is 9.80. The molecule has 0 saturated carbocycles. The molecule has 4 aromatic rings. The summed E-state index contributed by atoms with van der Waals surface area (Å²) in [7, 11) is 0. The summed E-state index contributed by atoms with van der Waals surface area (Å²) in [5, 5.41) is 3.12. The van der Waals surface area contributed by atoms with Crippen molar-refractivity contribution in [2.75, 3.05) is 49.1 Å². The van der Waals surface area contributed by atoms with Crippen molar-refractivity contribution in [1.82, 2.24) is 10.2 Å². The zero-order valence-electron chi connectivity index (χ0n) is 27.0. The molecule has 236 valence electrons. The molecular formula is C39H42N4O2S. The molecule has 0 aliphatic carbocycles. The normalized spacial score (nSPS) is 16.1. The lowest BCUT2D eigenvalue weighted by Gasteiger charge is -2.37. The van der Waals surface area contributed by atoms with Gasteiger partial charge in [-0.2, -0.15) is 0 Å². The Morgan fingerprint density at radius 2 is 1.61 bits per heavy atom. The number of anilines is 2. The van der Waals surface area contributed by atoms with Gasteiger partial charge in [-0.15, -0.1) is 0 Å². The molecule has 2 heterocycles. The fraction of sp³-hybridized carbons (Fsp3) is 0.282. The topological polar surface area (TPSA) is 55.9 Å². The molecule has 6 nitrogen and oxygen atoms in total. The first-order valence-electron chi connectivity index (χ1n) is 16.1. The summed E-state index contributed by atoms with van der Waals surface area (Å²) < 4.78 is 0. The maximum Gasteiger partial charge on any atom is 0.265 e. The average molecular weight is 631 g/mol. The fourth-order valence-corrected chi connectivity index (χ4v) is 7.22. The molecule has 0 radical (unpaired) electrons. The quantitative estimate of drug-likeness (QED) is 0.156. The first-order chi connectivity index (χ1) is 22.3. The molecule has 46 heavy (non-hydrogen) atoms. The van der Waals surface area contributed by atoms with E-state index in [4.69, 9.17) is 0 Å². The van der Waals surface area contributed by atoms with Gasteiger partial charge in [0.15, 0.2) is 0 Å². The molecule has 2 amide bonds. The van der Waals surface area contributed by atoms with Crippen molar-refractivity contribution < 1.29 is 9.59 Å². The van der Waals surface area contributed by atoms with Crippen molar-refractivity contribution in [3.05, 3.63) is 129 Å². The van der Waals surface area contributed by atoms with Gasteiger partial charge in [0.1, 0.15) is 0 Å². The number of aryl methyl sites for hydroxylation is 3. The van der Waals surface area contributed by atoms with Gasteiger partial charge < -0.3 is 15.1 Å². The van der Waals surface area contributed by atoms with Gasteiger partial charge in [0.25, 0.3) is 11.8 Å². The Morgan fingerprint density at radius 1 is 0.826 bits per heavy atom. The minimum Gasteiger partial charge on any atom is -0.369 e. The van der Waals surface area contributed by atoms with E-state index in [-0.39, 0.29) is 11.8 Å². The number of piperazine rings is 1. The van der Waals surface area contributed by atoms with Gasteiger partial charge in [-0.25, -0.2) is 0 Å². The molecule has 0 spiro atoms. The number of nitrogens with zero attached hydrogens (tertiary/aromatic N) is 3. The van der Waals surface area contributed by atoms with Gasteiger partial charge in [0.2, 0.25) is 0 Å². The van der Waals surface area contributed by atoms with E-state index in [1.165, 1.54) is 28.6 Å². The van der Waals surface area contributed by atoms with Gasteiger partial charge in [-0.1, -0.05) is 84.1 Å². The zero-order chi connectivity index (χ0) is 32.0. The summed E-state index contributed by atoms with van der Waals surface area (Å²) in [6.07, 6.45) is 2.84. The van der Waals surface area contributed by atoms with E-state index in [1.807, 2.05) is 71.6 Å². The number of rotatable bonds is 9. The van der Waals surface area contributed by atoms with Crippen LogP contribution < -0.4 is 15.1 Å². The molecule has 0 aromatic heterocycles. The zero-order valence-corrected chi connectivity index (χ0v) is 27.8. The third kappa shape index (κ3) is 7.54. The molecule has 0 bridgehead atoms. The van der Waals surface area contributed by atoms with E-state index in [0.717, 1.165) is 66.4 Å². The largest absolute Gasteiger partial charge is 0.369 e. The molecule has 1 fully saturated rings. The Balaban J connectivity index is 1.09. The van der Waals surface area contributed by atoms with Gasteiger partial charge in [-0.3, -0.25) is 14.5 Å². The number of carbonyl (C=O) groups excluding carboxylic acids is 2. The number of carbonyl (C=O) groups is 2. The van der Waals surface area contributed by atoms with Gasteiger partial charge in [0.05, 0.1) is 17.1 Å². The van der Waals surface area contributed by atoms with Crippen LogP contribution in [0.15, 0.2) is 101 Å². The van der Waals surface area contributed by atoms with Crippen molar-refractivity contribution in [2.45, 2.75) is 38.6 Å². The second-order valence-electron chi connectivity index (χ2n) is 12.3. The average Bonchev–Trinajstić information content (AvgIpc) is 3.06. The molecule has 7 heteroatoms. The number of hydrogen-bond donors (Lipinski definition) is 1. The lowest BCUT2D eigenvalue weighted by Crippen LogP contribution is -2.47. The maximum absolute atomic E-state index is 13.9. The Labute approximate surface area is 277 Å².